The third-order valence-corrected chi connectivity index (χ3v) is 7.68. The number of piperazine rings is 1. The number of aromatic carboxylic acids is 1. The molecule has 4 heterocycles. The summed E-state index contributed by atoms with van der Waals surface area (Å²) in [5.41, 5.74) is 1.38. The molecule has 216 valence electrons. The first-order valence-corrected chi connectivity index (χ1v) is 13.7. The average Bonchev–Trinajstić information content (AvgIpc) is 3.31. The predicted molar refractivity (Wildman–Crippen MR) is 151 cm³/mol. The van der Waals surface area contributed by atoms with Crippen molar-refractivity contribution in [2.75, 3.05) is 37.7 Å². The van der Waals surface area contributed by atoms with Crippen LogP contribution in [0.1, 0.15) is 33.7 Å². The number of nitrogens with zero attached hydrogens (tertiary/aromatic N) is 5. The summed E-state index contributed by atoms with van der Waals surface area (Å²) in [6.45, 7) is 4.50. The summed E-state index contributed by atoms with van der Waals surface area (Å²) in [4.78, 5) is 25.1. The molecular formula is C31H29F2N5O4. The van der Waals surface area contributed by atoms with Crippen molar-refractivity contribution in [2.24, 2.45) is 0 Å². The maximum absolute atomic E-state index is 14.9. The standard InChI is InChI=1S/C31H29F2N5O4/c1-2-20-6-7-21(24(32)14-20)19-42-29-5-3-4-27(34-29)37-11-9-36(10-12-37)18-28-35-30-25(33)15-22(31(39)40)16-26(30)38(28)17-23-8-13-41-23/h1,3-7,14-16,23H,8-13,17-19H2,(H,39,40). The molecule has 0 amide bonds. The number of fused-ring (bicyclic) bond motifs is 1. The number of imidazole rings is 1. The van der Waals surface area contributed by atoms with Crippen LogP contribution in [0.15, 0.2) is 48.5 Å². The number of halogens is 2. The van der Waals surface area contributed by atoms with Gasteiger partial charge in [0.15, 0.2) is 5.82 Å². The first-order chi connectivity index (χ1) is 20.4. The number of hydrogen-bond acceptors (Lipinski definition) is 7. The monoisotopic (exact) mass is 573 g/mol. The number of carboxylic acids is 1. The maximum Gasteiger partial charge on any atom is 0.335 e. The number of terminal acetylenes is 1. The summed E-state index contributed by atoms with van der Waals surface area (Å²) in [6, 6.07) is 12.6. The van der Waals surface area contributed by atoms with Gasteiger partial charge in [-0.15, -0.1) is 6.42 Å². The molecule has 0 aliphatic carbocycles. The highest BCUT2D eigenvalue weighted by molar-refractivity contribution is 5.92. The minimum absolute atomic E-state index is 0.00563. The van der Waals surface area contributed by atoms with Crippen LogP contribution in [0, 0.1) is 24.0 Å². The lowest BCUT2D eigenvalue weighted by Crippen LogP contribution is -2.46. The third-order valence-electron chi connectivity index (χ3n) is 7.68. The number of carboxylic acid groups (broad SMARTS) is 1. The molecular weight excluding hydrogens is 544 g/mol. The molecule has 0 saturated carbocycles. The molecule has 9 nitrogen and oxygen atoms in total. The molecule has 2 saturated heterocycles. The molecule has 2 aliphatic rings. The number of aromatic nitrogens is 3. The lowest BCUT2D eigenvalue weighted by molar-refractivity contribution is -0.0592. The van der Waals surface area contributed by atoms with Crippen molar-refractivity contribution in [2.45, 2.75) is 32.2 Å². The first kappa shape index (κ1) is 27.6. The largest absolute Gasteiger partial charge is 0.478 e. The zero-order valence-electron chi connectivity index (χ0n) is 22.8. The number of rotatable bonds is 9. The SMILES string of the molecule is C#Cc1ccc(COc2cccc(N3CCN(Cc4nc5c(F)cc(C(=O)O)cc5n4CC4CCO4)CC3)n2)c(F)c1. The first-order valence-electron chi connectivity index (χ1n) is 13.7. The molecule has 1 unspecified atom stereocenters. The summed E-state index contributed by atoms with van der Waals surface area (Å²) in [5.74, 6) is 1.98. The van der Waals surface area contributed by atoms with Gasteiger partial charge in [-0.05, 0) is 36.8 Å². The topological polar surface area (TPSA) is 93.0 Å². The van der Waals surface area contributed by atoms with E-state index in [1.807, 2.05) is 16.7 Å². The summed E-state index contributed by atoms with van der Waals surface area (Å²) in [5, 5.41) is 9.45. The van der Waals surface area contributed by atoms with E-state index < -0.39 is 17.6 Å². The van der Waals surface area contributed by atoms with Crippen molar-refractivity contribution in [3.63, 3.8) is 0 Å². The maximum atomic E-state index is 14.9. The molecule has 0 spiro atoms. The van der Waals surface area contributed by atoms with E-state index in [0.717, 1.165) is 18.3 Å². The smallest absolute Gasteiger partial charge is 0.335 e. The highest BCUT2D eigenvalue weighted by Crippen LogP contribution is 2.26. The molecule has 2 aromatic heterocycles. The van der Waals surface area contributed by atoms with E-state index in [1.54, 1.807) is 18.2 Å². The Morgan fingerprint density at radius 3 is 2.60 bits per heavy atom. The van der Waals surface area contributed by atoms with Gasteiger partial charge in [-0.1, -0.05) is 18.1 Å². The van der Waals surface area contributed by atoms with Gasteiger partial charge in [-0.2, -0.15) is 4.98 Å². The molecule has 42 heavy (non-hydrogen) atoms. The molecule has 6 rings (SSSR count). The number of carbonyl (C=O) groups is 1. The van der Waals surface area contributed by atoms with E-state index in [-0.39, 0.29) is 23.8 Å². The minimum Gasteiger partial charge on any atom is -0.478 e. The van der Waals surface area contributed by atoms with Gasteiger partial charge in [0.05, 0.1) is 30.3 Å². The van der Waals surface area contributed by atoms with Crippen LogP contribution in [0.3, 0.4) is 0 Å². The highest BCUT2D eigenvalue weighted by Gasteiger charge is 2.26. The van der Waals surface area contributed by atoms with E-state index in [9.17, 15) is 18.7 Å². The third kappa shape index (κ3) is 5.77. The summed E-state index contributed by atoms with van der Waals surface area (Å²) in [6.07, 6.45) is 6.21. The van der Waals surface area contributed by atoms with Crippen LogP contribution in [-0.2, 0) is 24.4 Å². The Labute approximate surface area is 241 Å². The molecule has 0 bridgehead atoms. The Balaban J connectivity index is 1.12. The van der Waals surface area contributed by atoms with Crippen LogP contribution in [0.2, 0.25) is 0 Å². The van der Waals surface area contributed by atoms with Gasteiger partial charge in [0.25, 0.3) is 0 Å². The van der Waals surface area contributed by atoms with Crippen LogP contribution in [-0.4, -0.2) is 69.4 Å². The van der Waals surface area contributed by atoms with Gasteiger partial charge >= 0.3 is 5.97 Å². The molecule has 4 aromatic rings. The van der Waals surface area contributed by atoms with Crippen LogP contribution in [0.4, 0.5) is 14.6 Å². The van der Waals surface area contributed by atoms with Gasteiger partial charge in [-0.25, -0.2) is 18.6 Å². The van der Waals surface area contributed by atoms with Gasteiger partial charge in [-0.3, -0.25) is 4.90 Å². The van der Waals surface area contributed by atoms with Crippen LogP contribution in [0.25, 0.3) is 11.0 Å². The lowest BCUT2D eigenvalue weighted by atomic mass is 10.1. The van der Waals surface area contributed by atoms with E-state index in [4.69, 9.17) is 15.9 Å². The second-order valence-corrected chi connectivity index (χ2v) is 10.4. The predicted octanol–water partition coefficient (Wildman–Crippen LogP) is 4.08. The zero-order valence-corrected chi connectivity index (χ0v) is 22.8. The van der Waals surface area contributed by atoms with Crippen molar-refractivity contribution >= 4 is 22.8 Å². The quantitative estimate of drug-likeness (QED) is 0.300. The van der Waals surface area contributed by atoms with Crippen LogP contribution in [0.5, 0.6) is 5.88 Å². The zero-order chi connectivity index (χ0) is 29.2. The molecule has 0 radical (unpaired) electrons. The number of pyridine rings is 1. The number of benzene rings is 2. The van der Waals surface area contributed by atoms with Gasteiger partial charge in [0.1, 0.15) is 29.6 Å². The van der Waals surface area contributed by atoms with Crippen molar-refractivity contribution in [3.05, 3.63) is 82.7 Å². The normalized spacial score (nSPS) is 17.2. The Kier molecular flexibility index (Phi) is 7.73. The second-order valence-electron chi connectivity index (χ2n) is 10.4. The van der Waals surface area contributed by atoms with E-state index in [1.165, 1.54) is 12.1 Å². The molecule has 1 N–H and O–H groups in total. The fraction of sp³-hybridized carbons (Fsp3) is 0.323. The van der Waals surface area contributed by atoms with Crippen molar-refractivity contribution < 1.29 is 28.2 Å². The average molecular weight is 574 g/mol. The molecule has 2 aromatic carbocycles. The minimum atomic E-state index is -1.19. The number of anilines is 1. The number of hydrogen-bond donors (Lipinski definition) is 1. The Morgan fingerprint density at radius 2 is 1.90 bits per heavy atom. The van der Waals surface area contributed by atoms with Crippen molar-refractivity contribution in [1.82, 2.24) is 19.4 Å². The molecule has 2 fully saturated rings. The van der Waals surface area contributed by atoms with E-state index in [2.05, 4.69) is 25.7 Å². The fourth-order valence-electron chi connectivity index (χ4n) is 5.21. The molecule has 11 heteroatoms. The van der Waals surface area contributed by atoms with E-state index >= 15 is 0 Å². The lowest BCUT2D eigenvalue weighted by Gasteiger charge is -2.35. The molecule has 2 aliphatic heterocycles. The Morgan fingerprint density at radius 1 is 1.10 bits per heavy atom. The fourth-order valence-corrected chi connectivity index (χ4v) is 5.21. The summed E-state index contributed by atoms with van der Waals surface area (Å²) >= 11 is 0. The van der Waals surface area contributed by atoms with Gasteiger partial charge in [0.2, 0.25) is 5.88 Å². The van der Waals surface area contributed by atoms with Crippen molar-refractivity contribution in [3.8, 4) is 18.2 Å². The van der Waals surface area contributed by atoms with Gasteiger partial charge < -0.3 is 24.0 Å². The van der Waals surface area contributed by atoms with E-state index in [0.29, 0.717) is 74.2 Å². The Bertz CT molecular complexity index is 1670. The summed E-state index contributed by atoms with van der Waals surface area (Å²) in [7, 11) is 0. The second kappa shape index (κ2) is 11.8. The van der Waals surface area contributed by atoms with Crippen LogP contribution >= 0.6 is 0 Å². The Hall–Kier alpha value is -4.53. The molecule has 1 atom stereocenters. The highest BCUT2D eigenvalue weighted by atomic mass is 19.1. The summed E-state index contributed by atoms with van der Waals surface area (Å²) < 4.78 is 42.4. The van der Waals surface area contributed by atoms with Crippen LogP contribution < -0.4 is 9.64 Å². The number of ether oxygens (including phenoxy) is 2. The van der Waals surface area contributed by atoms with Crippen molar-refractivity contribution in [1.29, 1.82) is 0 Å². The van der Waals surface area contributed by atoms with Gasteiger partial charge in [0, 0.05) is 50.0 Å².